The highest BCUT2D eigenvalue weighted by molar-refractivity contribution is 5.97. The van der Waals surface area contributed by atoms with Crippen molar-refractivity contribution in [1.82, 2.24) is 0 Å². The number of nitrogens with zero attached hydrogens (tertiary/aromatic N) is 1. The number of nitrogen functional groups attached to an aromatic ring is 1. The average molecular weight is 218 g/mol. The van der Waals surface area contributed by atoms with Crippen molar-refractivity contribution in [2.45, 2.75) is 25.0 Å². The minimum Gasteiger partial charge on any atom is -0.399 e. The highest BCUT2D eigenvalue weighted by Crippen LogP contribution is 2.30. The molecule has 2 N–H and O–H groups in total. The third kappa shape index (κ3) is 1.46. The van der Waals surface area contributed by atoms with E-state index in [9.17, 15) is 4.79 Å². The molecule has 4 heteroatoms. The smallest absolute Gasteiger partial charge is 0.256 e. The van der Waals surface area contributed by atoms with Crippen LogP contribution in [0.4, 0.5) is 11.4 Å². The third-order valence-electron chi connectivity index (χ3n) is 3.24. The van der Waals surface area contributed by atoms with E-state index < -0.39 is 0 Å². The van der Waals surface area contributed by atoms with E-state index in [0.717, 1.165) is 18.5 Å². The lowest BCUT2D eigenvalue weighted by Gasteiger charge is -2.31. The fourth-order valence-corrected chi connectivity index (χ4v) is 2.38. The Morgan fingerprint density at radius 3 is 2.75 bits per heavy atom. The molecule has 84 valence electrons. The zero-order valence-corrected chi connectivity index (χ0v) is 8.93. The van der Waals surface area contributed by atoms with Crippen LogP contribution in [0, 0.1) is 0 Å². The maximum absolute atomic E-state index is 12.0. The molecular formula is C12H14N2O2. The van der Waals surface area contributed by atoms with Gasteiger partial charge in [0.1, 0.15) is 6.10 Å². The Hall–Kier alpha value is -1.55. The molecule has 2 aliphatic rings. The second kappa shape index (κ2) is 3.49. The number of ether oxygens (including phenoxy) is 1. The lowest BCUT2D eigenvalue weighted by atomic mass is 10.2. The Labute approximate surface area is 94.0 Å². The highest BCUT2D eigenvalue weighted by atomic mass is 16.5. The van der Waals surface area contributed by atoms with Crippen molar-refractivity contribution in [3.8, 4) is 0 Å². The maximum atomic E-state index is 12.0. The molecule has 1 amide bonds. The molecular weight excluding hydrogens is 204 g/mol. The minimum absolute atomic E-state index is 0.0820. The van der Waals surface area contributed by atoms with Crippen molar-refractivity contribution in [2.75, 3.05) is 17.2 Å². The summed E-state index contributed by atoms with van der Waals surface area (Å²) in [7, 11) is 0. The van der Waals surface area contributed by atoms with E-state index in [-0.39, 0.29) is 18.1 Å². The molecule has 4 nitrogen and oxygen atoms in total. The first-order valence-corrected chi connectivity index (χ1v) is 5.56. The quantitative estimate of drug-likeness (QED) is 0.720. The molecule has 0 radical (unpaired) electrons. The number of anilines is 2. The van der Waals surface area contributed by atoms with E-state index in [1.54, 1.807) is 0 Å². The van der Waals surface area contributed by atoms with Gasteiger partial charge in [0.15, 0.2) is 0 Å². The molecule has 0 saturated carbocycles. The van der Waals surface area contributed by atoms with E-state index in [4.69, 9.17) is 10.5 Å². The second-order valence-corrected chi connectivity index (χ2v) is 4.36. The van der Waals surface area contributed by atoms with Crippen LogP contribution < -0.4 is 10.6 Å². The molecule has 2 unspecified atom stereocenters. The van der Waals surface area contributed by atoms with Gasteiger partial charge in [0, 0.05) is 11.4 Å². The van der Waals surface area contributed by atoms with Crippen molar-refractivity contribution < 1.29 is 9.53 Å². The highest BCUT2D eigenvalue weighted by Gasteiger charge is 2.40. The summed E-state index contributed by atoms with van der Waals surface area (Å²) in [5.41, 5.74) is 7.26. The molecule has 2 saturated heterocycles. The molecule has 0 spiro atoms. The monoisotopic (exact) mass is 218 g/mol. The van der Waals surface area contributed by atoms with Crippen LogP contribution in [0.1, 0.15) is 12.8 Å². The van der Waals surface area contributed by atoms with E-state index >= 15 is 0 Å². The van der Waals surface area contributed by atoms with Gasteiger partial charge in [-0.05, 0) is 37.1 Å². The van der Waals surface area contributed by atoms with E-state index in [0.29, 0.717) is 12.2 Å². The summed E-state index contributed by atoms with van der Waals surface area (Å²) >= 11 is 0. The molecule has 2 bridgehead atoms. The lowest BCUT2D eigenvalue weighted by Crippen LogP contribution is -2.47. The number of nitrogens with two attached hydrogens (primary N) is 1. The topological polar surface area (TPSA) is 55.6 Å². The summed E-state index contributed by atoms with van der Waals surface area (Å²) in [4.78, 5) is 13.8. The number of carbonyl (C=O) groups is 1. The van der Waals surface area contributed by atoms with Crippen LogP contribution in [-0.2, 0) is 9.53 Å². The second-order valence-electron chi connectivity index (χ2n) is 4.36. The fourth-order valence-electron chi connectivity index (χ4n) is 2.38. The first-order valence-electron chi connectivity index (χ1n) is 5.56. The van der Waals surface area contributed by atoms with Gasteiger partial charge in [-0.3, -0.25) is 4.79 Å². The minimum atomic E-state index is -0.226. The molecule has 2 heterocycles. The van der Waals surface area contributed by atoms with Crippen molar-refractivity contribution in [3.05, 3.63) is 24.3 Å². The fraction of sp³-hybridized carbons (Fsp3) is 0.417. The summed E-state index contributed by atoms with van der Waals surface area (Å²) in [6.07, 6.45) is 1.83. The summed E-state index contributed by atoms with van der Waals surface area (Å²) < 4.78 is 5.57. The Kier molecular flexibility index (Phi) is 2.11. The SMILES string of the molecule is Nc1ccc(N2CC3CCC(O3)C2=O)cc1. The number of amides is 1. The number of rotatable bonds is 1. The van der Waals surface area contributed by atoms with Crippen LogP contribution in [-0.4, -0.2) is 24.7 Å². The van der Waals surface area contributed by atoms with Gasteiger partial charge in [0.25, 0.3) is 5.91 Å². The number of carbonyl (C=O) groups excluding carboxylic acids is 1. The Balaban J connectivity index is 1.89. The number of morpholine rings is 1. The van der Waals surface area contributed by atoms with Gasteiger partial charge >= 0.3 is 0 Å². The molecule has 1 aromatic carbocycles. The van der Waals surface area contributed by atoms with E-state index in [1.165, 1.54) is 0 Å². The predicted molar refractivity (Wildman–Crippen MR) is 61.1 cm³/mol. The first kappa shape index (κ1) is 9.66. The largest absolute Gasteiger partial charge is 0.399 e. The molecule has 16 heavy (non-hydrogen) atoms. The standard InChI is InChI=1S/C12H14N2O2/c13-8-1-3-9(4-2-8)14-7-10-5-6-11(16-10)12(14)15/h1-4,10-11H,5-7,13H2. The zero-order valence-electron chi connectivity index (χ0n) is 8.93. The van der Waals surface area contributed by atoms with Crippen molar-refractivity contribution >= 4 is 17.3 Å². The molecule has 2 atom stereocenters. The predicted octanol–water partition coefficient (Wildman–Crippen LogP) is 1.16. The Morgan fingerprint density at radius 1 is 1.25 bits per heavy atom. The Morgan fingerprint density at radius 2 is 2.00 bits per heavy atom. The van der Waals surface area contributed by atoms with Crippen molar-refractivity contribution in [3.63, 3.8) is 0 Å². The molecule has 1 aromatic rings. The van der Waals surface area contributed by atoms with Crippen LogP contribution in [0.25, 0.3) is 0 Å². The first-order chi connectivity index (χ1) is 7.74. The Bertz CT molecular complexity index is 416. The van der Waals surface area contributed by atoms with Crippen LogP contribution in [0.5, 0.6) is 0 Å². The number of hydrogen-bond acceptors (Lipinski definition) is 3. The van der Waals surface area contributed by atoms with Gasteiger partial charge in [-0.2, -0.15) is 0 Å². The normalized spacial score (nSPS) is 28.5. The average Bonchev–Trinajstić information content (AvgIpc) is 2.69. The zero-order chi connectivity index (χ0) is 11.1. The van der Waals surface area contributed by atoms with Gasteiger partial charge in [-0.1, -0.05) is 0 Å². The molecule has 2 aliphatic heterocycles. The molecule has 0 aromatic heterocycles. The van der Waals surface area contributed by atoms with Crippen LogP contribution in [0.15, 0.2) is 24.3 Å². The summed E-state index contributed by atoms with van der Waals surface area (Å²) in [5, 5.41) is 0. The van der Waals surface area contributed by atoms with Gasteiger partial charge in [0.2, 0.25) is 0 Å². The van der Waals surface area contributed by atoms with Gasteiger partial charge in [-0.25, -0.2) is 0 Å². The van der Waals surface area contributed by atoms with E-state index in [1.807, 2.05) is 29.2 Å². The summed E-state index contributed by atoms with van der Waals surface area (Å²) in [6.45, 7) is 0.666. The van der Waals surface area contributed by atoms with Gasteiger partial charge < -0.3 is 15.4 Å². The van der Waals surface area contributed by atoms with Crippen LogP contribution >= 0.6 is 0 Å². The number of fused-ring (bicyclic) bond motifs is 2. The maximum Gasteiger partial charge on any atom is 0.256 e. The molecule has 2 fully saturated rings. The van der Waals surface area contributed by atoms with Crippen molar-refractivity contribution in [1.29, 1.82) is 0 Å². The summed E-state index contributed by atoms with van der Waals surface area (Å²) in [5.74, 6) is 0.0820. The van der Waals surface area contributed by atoms with Crippen LogP contribution in [0.3, 0.4) is 0 Å². The molecule has 0 aliphatic carbocycles. The third-order valence-corrected chi connectivity index (χ3v) is 3.24. The number of hydrogen-bond donors (Lipinski definition) is 1. The van der Waals surface area contributed by atoms with Gasteiger partial charge in [-0.15, -0.1) is 0 Å². The van der Waals surface area contributed by atoms with E-state index in [2.05, 4.69) is 0 Å². The van der Waals surface area contributed by atoms with Crippen LogP contribution in [0.2, 0.25) is 0 Å². The summed E-state index contributed by atoms with van der Waals surface area (Å²) in [6, 6.07) is 7.41. The number of benzene rings is 1. The molecule has 3 rings (SSSR count). The lowest BCUT2D eigenvalue weighted by molar-refractivity contribution is -0.133. The van der Waals surface area contributed by atoms with Crippen molar-refractivity contribution in [2.24, 2.45) is 0 Å². The van der Waals surface area contributed by atoms with Gasteiger partial charge in [0.05, 0.1) is 12.6 Å².